The van der Waals surface area contributed by atoms with E-state index in [1.165, 1.54) is 13.2 Å². The number of nitrogens with one attached hydrogen (secondary N) is 1. The molecule has 152 valence electrons. The third kappa shape index (κ3) is 5.60. The Bertz CT molecular complexity index is 1120. The van der Waals surface area contributed by atoms with Gasteiger partial charge in [0.2, 0.25) is 0 Å². The maximum Gasteiger partial charge on any atom is 0.266 e. The van der Waals surface area contributed by atoms with Gasteiger partial charge in [-0.3, -0.25) is 4.79 Å². The van der Waals surface area contributed by atoms with E-state index in [2.05, 4.69) is 10.3 Å². The van der Waals surface area contributed by atoms with E-state index in [0.29, 0.717) is 34.4 Å². The van der Waals surface area contributed by atoms with Crippen molar-refractivity contribution in [3.8, 4) is 17.6 Å². The van der Waals surface area contributed by atoms with Crippen LogP contribution >= 0.6 is 22.9 Å². The summed E-state index contributed by atoms with van der Waals surface area (Å²) in [6.07, 6.45) is 1.51. The van der Waals surface area contributed by atoms with Crippen molar-refractivity contribution in [3.63, 3.8) is 0 Å². The lowest BCUT2D eigenvalue weighted by atomic mass is 10.1. The number of carbonyl (C=O) groups excluding carboxylic acids is 1. The molecule has 1 heterocycles. The molecular formula is C22H18ClN3O3S. The number of amides is 1. The number of halogens is 1. The summed E-state index contributed by atoms with van der Waals surface area (Å²) in [5.74, 6) is 0.643. The molecule has 30 heavy (non-hydrogen) atoms. The van der Waals surface area contributed by atoms with Gasteiger partial charge in [0.05, 0.1) is 22.8 Å². The zero-order valence-electron chi connectivity index (χ0n) is 16.3. The highest BCUT2D eigenvalue weighted by atomic mass is 35.5. The van der Waals surface area contributed by atoms with Crippen LogP contribution in [-0.4, -0.2) is 18.0 Å². The van der Waals surface area contributed by atoms with Crippen LogP contribution in [0.3, 0.4) is 0 Å². The molecule has 0 radical (unpaired) electrons. The van der Waals surface area contributed by atoms with Crippen molar-refractivity contribution < 1.29 is 14.3 Å². The molecule has 2 aromatic carbocycles. The van der Waals surface area contributed by atoms with E-state index in [9.17, 15) is 10.1 Å². The van der Waals surface area contributed by atoms with E-state index < -0.39 is 5.91 Å². The number of ether oxygens (including phenoxy) is 2. The first-order valence-corrected chi connectivity index (χ1v) is 10.1. The first kappa shape index (κ1) is 21.4. The lowest BCUT2D eigenvalue weighted by molar-refractivity contribution is -0.112. The molecule has 0 aliphatic carbocycles. The van der Waals surface area contributed by atoms with Crippen molar-refractivity contribution in [1.82, 2.24) is 4.98 Å². The number of rotatable bonds is 7. The second kappa shape index (κ2) is 9.92. The SMILES string of the molecule is COc1ccc(NC(=O)/C(C#N)=C/c2ccc(OCc3csc(C)n3)cc2)cc1Cl. The Balaban J connectivity index is 1.65. The Morgan fingerprint density at radius 1 is 1.30 bits per heavy atom. The maximum atomic E-state index is 12.4. The number of thiazole rings is 1. The van der Waals surface area contributed by atoms with Crippen LogP contribution in [0.1, 0.15) is 16.3 Å². The molecule has 1 aromatic heterocycles. The summed E-state index contributed by atoms with van der Waals surface area (Å²) in [6.45, 7) is 2.33. The van der Waals surface area contributed by atoms with Crippen LogP contribution in [0.5, 0.6) is 11.5 Å². The molecule has 0 fully saturated rings. The molecule has 0 spiro atoms. The van der Waals surface area contributed by atoms with Gasteiger partial charge < -0.3 is 14.8 Å². The average Bonchev–Trinajstić information content (AvgIpc) is 3.16. The van der Waals surface area contributed by atoms with Gasteiger partial charge in [-0.15, -0.1) is 11.3 Å². The molecule has 8 heteroatoms. The van der Waals surface area contributed by atoms with Gasteiger partial charge >= 0.3 is 0 Å². The molecule has 1 amide bonds. The van der Waals surface area contributed by atoms with Crippen molar-refractivity contribution >= 4 is 40.6 Å². The Morgan fingerprint density at radius 3 is 2.67 bits per heavy atom. The third-order valence-corrected chi connectivity index (χ3v) is 5.14. The van der Waals surface area contributed by atoms with Gasteiger partial charge in [0.15, 0.2) is 0 Å². The van der Waals surface area contributed by atoms with Crippen molar-refractivity contribution in [2.75, 3.05) is 12.4 Å². The minimum Gasteiger partial charge on any atom is -0.495 e. The molecule has 0 aliphatic heterocycles. The van der Waals surface area contributed by atoms with Gasteiger partial charge in [-0.05, 0) is 48.9 Å². The first-order chi connectivity index (χ1) is 14.5. The number of hydrogen-bond acceptors (Lipinski definition) is 6. The van der Waals surface area contributed by atoms with Crippen LogP contribution in [0, 0.1) is 18.3 Å². The number of carbonyl (C=O) groups is 1. The highest BCUT2D eigenvalue weighted by Crippen LogP contribution is 2.27. The number of nitriles is 1. The number of nitrogens with zero attached hydrogens (tertiary/aromatic N) is 2. The van der Waals surface area contributed by atoms with Crippen LogP contribution in [0.25, 0.3) is 6.08 Å². The summed E-state index contributed by atoms with van der Waals surface area (Å²) in [5.41, 5.74) is 2.01. The Kier molecular flexibility index (Phi) is 7.07. The molecule has 0 saturated heterocycles. The normalized spacial score (nSPS) is 10.9. The van der Waals surface area contributed by atoms with E-state index in [4.69, 9.17) is 21.1 Å². The fourth-order valence-corrected chi connectivity index (χ4v) is 3.40. The number of benzene rings is 2. The van der Waals surface area contributed by atoms with Crippen molar-refractivity contribution in [2.45, 2.75) is 13.5 Å². The average molecular weight is 440 g/mol. The lowest BCUT2D eigenvalue weighted by Gasteiger charge is -2.08. The monoisotopic (exact) mass is 439 g/mol. The largest absolute Gasteiger partial charge is 0.495 e. The summed E-state index contributed by atoms with van der Waals surface area (Å²) in [6, 6.07) is 13.9. The molecule has 0 bridgehead atoms. The molecule has 3 rings (SSSR count). The van der Waals surface area contributed by atoms with E-state index in [1.807, 2.05) is 18.4 Å². The summed E-state index contributed by atoms with van der Waals surface area (Å²) in [5, 5.41) is 15.4. The van der Waals surface area contributed by atoms with Crippen molar-refractivity contribution in [1.29, 1.82) is 5.26 Å². The van der Waals surface area contributed by atoms with E-state index in [0.717, 1.165) is 10.7 Å². The van der Waals surface area contributed by atoms with E-state index >= 15 is 0 Å². The van der Waals surface area contributed by atoms with Gasteiger partial charge in [0, 0.05) is 11.1 Å². The minimum absolute atomic E-state index is 0.0337. The molecule has 0 saturated carbocycles. The second-order valence-corrected chi connectivity index (χ2v) is 7.66. The molecule has 0 atom stereocenters. The van der Waals surface area contributed by atoms with E-state index in [-0.39, 0.29) is 5.57 Å². The minimum atomic E-state index is -0.530. The fraction of sp³-hybridized carbons (Fsp3) is 0.136. The predicted molar refractivity (Wildman–Crippen MR) is 118 cm³/mol. The summed E-state index contributed by atoms with van der Waals surface area (Å²) < 4.78 is 10.8. The molecule has 1 N–H and O–H groups in total. The van der Waals surface area contributed by atoms with Crippen LogP contribution in [-0.2, 0) is 11.4 Å². The van der Waals surface area contributed by atoms with Crippen LogP contribution in [0.2, 0.25) is 5.02 Å². The zero-order valence-corrected chi connectivity index (χ0v) is 17.9. The van der Waals surface area contributed by atoms with Crippen molar-refractivity contribution in [3.05, 3.63) is 74.7 Å². The zero-order chi connectivity index (χ0) is 21.5. The number of aryl methyl sites for hydroxylation is 1. The Labute approximate surface area is 183 Å². The quantitative estimate of drug-likeness (QED) is 0.402. The van der Waals surface area contributed by atoms with Crippen LogP contribution < -0.4 is 14.8 Å². The van der Waals surface area contributed by atoms with E-state index in [1.54, 1.807) is 53.8 Å². The number of anilines is 1. The smallest absolute Gasteiger partial charge is 0.266 e. The van der Waals surface area contributed by atoms with Crippen molar-refractivity contribution in [2.24, 2.45) is 0 Å². The molecular weight excluding hydrogens is 422 g/mol. The highest BCUT2D eigenvalue weighted by Gasteiger charge is 2.11. The summed E-state index contributed by atoms with van der Waals surface area (Å²) in [7, 11) is 1.51. The summed E-state index contributed by atoms with van der Waals surface area (Å²) >= 11 is 7.64. The second-order valence-electron chi connectivity index (χ2n) is 6.19. The van der Waals surface area contributed by atoms with Gasteiger partial charge in [-0.1, -0.05) is 23.7 Å². The topological polar surface area (TPSA) is 84.2 Å². The van der Waals surface area contributed by atoms with Gasteiger partial charge in [0.1, 0.15) is 29.7 Å². The number of aromatic nitrogens is 1. The molecule has 0 unspecified atom stereocenters. The summed E-state index contributed by atoms with van der Waals surface area (Å²) in [4.78, 5) is 16.8. The Morgan fingerprint density at radius 2 is 2.07 bits per heavy atom. The number of hydrogen-bond donors (Lipinski definition) is 1. The fourth-order valence-electron chi connectivity index (χ4n) is 2.55. The van der Waals surface area contributed by atoms with Crippen LogP contribution in [0.15, 0.2) is 53.4 Å². The number of methoxy groups -OCH3 is 1. The maximum absolute atomic E-state index is 12.4. The van der Waals surface area contributed by atoms with Gasteiger partial charge in [-0.25, -0.2) is 4.98 Å². The lowest BCUT2D eigenvalue weighted by Crippen LogP contribution is -2.13. The third-order valence-electron chi connectivity index (χ3n) is 4.02. The highest BCUT2D eigenvalue weighted by molar-refractivity contribution is 7.09. The molecule has 0 aliphatic rings. The Hall–Kier alpha value is -3.34. The van der Waals surface area contributed by atoms with Gasteiger partial charge in [0.25, 0.3) is 5.91 Å². The molecule has 6 nitrogen and oxygen atoms in total. The molecule has 3 aromatic rings. The first-order valence-electron chi connectivity index (χ1n) is 8.89. The predicted octanol–water partition coefficient (Wildman–Crippen LogP) is 5.24. The van der Waals surface area contributed by atoms with Gasteiger partial charge in [-0.2, -0.15) is 5.26 Å². The van der Waals surface area contributed by atoms with Crippen LogP contribution in [0.4, 0.5) is 5.69 Å². The standard InChI is InChI=1S/C22H18ClN3O3S/c1-14-25-18(13-30-14)12-29-19-6-3-15(4-7-19)9-16(11-24)22(27)26-17-5-8-21(28-2)20(23)10-17/h3-10,13H,12H2,1-2H3,(H,26,27)/b16-9+.